The van der Waals surface area contributed by atoms with Crippen molar-refractivity contribution in [3.8, 4) is 5.75 Å². The molecular weight excluding hydrogens is 1290 g/mol. The maximum atomic E-state index is 14.5. The van der Waals surface area contributed by atoms with E-state index in [1.807, 2.05) is 55.1 Å². The van der Waals surface area contributed by atoms with Crippen LogP contribution >= 0.6 is 35.1 Å². The first kappa shape index (κ1) is 74.9. The van der Waals surface area contributed by atoms with Crippen LogP contribution in [0.2, 0.25) is 5.02 Å². The molecule has 12 atom stereocenters. The minimum Gasteiger partial charge on any atom is -0.495 e. The number of likely N-dealkylation sites (N-methyl/N-ethyl adjacent to an activating group) is 1. The number of benzene rings is 2. The third-order valence-electron chi connectivity index (χ3n) is 18.9. The van der Waals surface area contributed by atoms with E-state index < -0.39 is 95.6 Å². The molecule has 0 spiro atoms. The number of aromatic nitrogens is 3. The zero-order chi connectivity index (χ0) is 69.6. The number of aryl methyl sites for hydroxylation is 2. The molecule has 28 heteroatoms. The average molecular weight is 1390 g/mol. The molecule has 8 rings (SSSR count). The number of nitrogens with two attached hydrogens (primary N) is 1. The number of epoxide rings is 1. The number of methoxy groups -OCH3 is 2. The van der Waals surface area contributed by atoms with E-state index in [0.717, 1.165) is 39.6 Å². The smallest absolute Gasteiger partial charge is 0.409 e. The molecular formula is C68H96ClN11O14S2. The number of urea groups is 1. The van der Waals surface area contributed by atoms with E-state index in [4.69, 9.17) is 41.0 Å². The number of carbonyl (C=O) groups is 8. The molecule has 4 bridgehead atoms. The molecule has 526 valence electrons. The van der Waals surface area contributed by atoms with Crippen LogP contribution in [0.4, 0.5) is 21.0 Å². The predicted octanol–water partition coefficient (Wildman–Crippen LogP) is 7.80. The number of anilines is 2. The van der Waals surface area contributed by atoms with Gasteiger partial charge in [0, 0.05) is 87.2 Å². The summed E-state index contributed by atoms with van der Waals surface area (Å²) in [5.74, 6) is -1.93. The quantitative estimate of drug-likeness (QED) is 0.0270. The van der Waals surface area contributed by atoms with E-state index >= 15 is 0 Å². The van der Waals surface area contributed by atoms with Gasteiger partial charge in [0.25, 0.3) is 0 Å². The fourth-order valence-electron chi connectivity index (χ4n) is 12.9. The van der Waals surface area contributed by atoms with Crippen LogP contribution in [-0.2, 0) is 78.6 Å². The highest BCUT2D eigenvalue weighted by Crippen LogP contribution is 2.49. The van der Waals surface area contributed by atoms with Gasteiger partial charge in [0.15, 0.2) is 5.72 Å². The molecule has 0 radical (unpaired) electrons. The third kappa shape index (κ3) is 19.5. The van der Waals surface area contributed by atoms with Crippen molar-refractivity contribution in [1.29, 1.82) is 0 Å². The number of nitrogens with one attached hydrogen (secondary N) is 5. The summed E-state index contributed by atoms with van der Waals surface area (Å²) in [6.45, 7) is 11.2. The number of thioether (sulfide) groups is 2. The van der Waals surface area contributed by atoms with Crippen LogP contribution in [0.5, 0.6) is 5.75 Å². The number of allylic oxidation sites excluding steroid dienone is 3. The number of alkyl carbamates (subject to hydrolysis) is 1. The van der Waals surface area contributed by atoms with Gasteiger partial charge in [0.2, 0.25) is 29.5 Å². The van der Waals surface area contributed by atoms with Crippen molar-refractivity contribution in [2.24, 2.45) is 17.6 Å². The van der Waals surface area contributed by atoms with Crippen LogP contribution in [0, 0.1) is 11.8 Å². The van der Waals surface area contributed by atoms with Gasteiger partial charge in [-0.05, 0) is 113 Å². The summed E-state index contributed by atoms with van der Waals surface area (Å²) < 4.78 is 31.6. The van der Waals surface area contributed by atoms with Crippen LogP contribution in [0.1, 0.15) is 148 Å². The molecule has 96 heavy (non-hydrogen) atoms. The van der Waals surface area contributed by atoms with E-state index in [1.54, 1.807) is 69.4 Å². The van der Waals surface area contributed by atoms with Crippen LogP contribution in [0.15, 0.2) is 60.2 Å². The number of halogens is 1. The lowest BCUT2D eigenvalue weighted by atomic mass is 9.83. The summed E-state index contributed by atoms with van der Waals surface area (Å²) >= 11 is 10.9. The molecule has 1 aromatic heterocycles. The van der Waals surface area contributed by atoms with Gasteiger partial charge in [-0.2, -0.15) is 23.5 Å². The number of carbonyl (C=O) groups excluding carboxylic acids is 8. The number of rotatable bonds is 23. The summed E-state index contributed by atoms with van der Waals surface area (Å²) in [4.78, 5) is 111. The Balaban J connectivity index is 0.857. The lowest BCUT2D eigenvalue weighted by Crippen LogP contribution is -2.63. The summed E-state index contributed by atoms with van der Waals surface area (Å²) in [6.07, 6.45) is 8.64. The highest BCUT2D eigenvalue weighted by atomic mass is 35.5. The van der Waals surface area contributed by atoms with Gasteiger partial charge in [-0.25, -0.2) is 19.1 Å². The fraction of sp³-hybridized carbons (Fsp3) is 0.618. The number of nitrogens with zero attached hydrogens (tertiary/aromatic N) is 5. The first-order chi connectivity index (χ1) is 45.7. The SMILES string of the molecule is COc1cc2cc(c1Cl)N(C)C(=O)C[C@H](OC(=O)[C@H](C)N(C)C(=O)CCCc1ccc(NC(=O)[C@H](CCCNC(N)=O)NC(=O)C(NC(=O)CCCn3nnc4c3CSC3CCCCCC3SC4)C(C)C)cc1)[C@]1(C)OC1[C@H](C)[C@@H]1C[C@@](O)(NC(=O)O1)[C@H](OC)/C=C/C=C(\C)C2. The van der Waals surface area contributed by atoms with Gasteiger partial charge in [-0.1, -0.05) is 92.8 Å². The number of fused-ring (bicyclic) bond motifs is 7. The molecule has 25 nitrogen and oxygen atoms in total. The summed E-state index contributed by atoms with van der Waals surface area (Å²) in [6, 6.07) is 6.72. The number of ether oxygens (including phenoxy) is 5. The second kappa shape index (κ2) is 34.0. The zero-order valence-electron chi connectivity index (χ0n) is 56.7. The van der Waals surface area contributed by atoms with Crippen LogP contribution in [-0.4, -0.2) is 172 Å². The zero-order valence-corrected chi connectivity index (χ0v) is 59.1. The van der Waals surface area contributed by atoms with Crippen molar-refractivity contribution in [3.05, 3.63) is 87.7 Å². The Morgan fingerprint density at radius 3 is 2.38 bits per heavy atom. The summed E-state index contributed by atoms with van der Waals surface area (Å²) in [7, 11) is 5.94. The summed E-state index contributed by atoms with van der Waals surface area (Å²) in [5.41, 5.74) is 7.51. The van der Waals surface area contributed by atoms with Crippen molar-refractivity contribution in [3.63, 3.8) is 0 Å². The molecule has 1 saturated carbocycles. The molecule has 4 aliphatic heterocycles. The maximum Gasteiger partial charge on any atom is 0.409 e. The third-order valence-corrected chi connectivity index (χ3v) is 22.3. The minimum atomic E-state index is -1.89. The van der Waals surface area contributed by atoms with Gasteiger partial charge >= 0.3 is 18.1 Å². The van der Waals surface area contributed by atoms with Crippen LogP contribution in [0.25, 0.3) is 0 Å². The van der Waals surface area contributed by atoms with Gasteiger partial charge in [-0.15, -0.1) is 5.10 Å². The highest BCUT2D eigenvalue weighted by molar-refractivity contribution is 8.03. The molecule has 3 fully saturated rings. The number of amides is 8. The molecule has 1 aliphatic carbocycles. The Bertz CT molecular complexity index is 3340. The highest BCUT2D eigenvalue weighted by Gasteiger charge is 2.64. The fourth-order valence-corrected chi connectivity index (χ4v) is 16.3. The Morgan fingerprint density at radius 1 is 0.969 bits per heavy atom. The molecule has 3 aromatic rings. The Hall–Kier alpha value is -6.91. The number of primary amides is 1. The molecule has 8 N–H and O–H groups in total. The van der Waals surface area contributed by atoms with Gasteiger partial charge in [0.05, 0.1) is 36.7 Å². The van der Waals surface area contributed by atoms with Crippen molar-refractivity contribution < 1.29 is 67.1 Å². The molecule has 2 aromatic carbocycles. The lowest BCUT2D eigenvalue weighted by Gasteiger charge is -2.42. The largest absolute Gasteiger partial charge is 0.495 e. The van der Waals surface area contributed by atoms with Gasteiger partial charge < -0.3 is 65.6 Å². The van der Waals surface area contributed by atoms with Crippen molar-refractivity contribution in [1.82, 2.24) is 41.2 Å². The number of hydrogen-bond acceptors (Lipinski definition) is 18. The van der Waals surface area contributed by atoms with E-state index in [1.165, 1.54) is 70.1 Å². The Labute approximate surface area is 575 Å². The second-order valence-corrected chi connectivity index (χ2v) is 29.2. The van der Waals surface area contributed by atoms with Crippen molar-refractivity contribution >= 4 is 94.1 Å². The molecule has 5 heterocycles. The van der Waals surface area contributed by atoms with E-state index in [0.29, 0.717) is 66.3 Å². The normalized spacial score (nSPS) is 26.3. The first-order valence-corrected chi connectivity index (χ1v) is 35.7. The monoisotopic (exact) mass is 1390 g/mol. The molecule has 2 saturated heterocycles. The van der Waals surface area contributed by atoms with E-state index in [2.05, 4.69) is 36.9 Å². The topological polar surface area (TPSA) is 330 Å². The number of esters is 1. The first-order valence-electron chi connectivity index (χ1n) is 33.2. The number of aliphatic hydroxyl groups is 1. The summed E-state index contributed by atoms with van der Waals surface area (Å²) in [5, 5.41) is 36.0. The van der Waals surface area contributed by atoms with E-state index in [9.17, 15) is 43.5 Å². The van der Waals surface area contributed by atoms with Crippen molar-refractivity contribution in [2.75, 3.05) is 45.1 Å². The van der Waals surface area contributed by atoms with Gasteiger partial charge in [-0.3, -0.25) is 29.3 Å². The predicted molar refractivity (Wildman–Crippen MR) is 367 cm³/mol. The van der Waals surface area contributed by atoms with Crippen molar-refractivity contribution in [2.45, 2.75) is 220 Å². The molecule has 8 amide bonds. The Morgan fingerprint density at radius 2 is 1.69 bits per heavy atom. The second-order valence-electron chi connectivity index (χ2n) is 26.4. The minimum absolute atomic E-state index is 0.0487. The Kier molecular flexibility index (Phi) is 26.6. The van der Waals surface area contributed by atoms with Crippen LogP contribution in [0.3, 0.4) is 0 Å². The maximum absolute atomic E-state index is 14.5. The van der Waals surface area contributed by atoms with Gasteiger partial charge in [0.1, 0.15) is 52.8 Å². The van der Waals surface area contributed by atoms with Crippen LogP contribution < -0.4 is 42.0 Å². The molecule has 4 unspecified atom stereocenters. The standard InChI is InChI=1S/C68H96ClN11O14S2/c1-39(2)60(74-56(81)24-17-31-80-49-38-96-53-22-13-11-12-21-52(53)95-37-47(49)76-77-80)63(85)73-46(20-16-30-71-65(70)87)62(84)72-45-28-26-43(27-29-45)19-15-25-57(82)78(7)42(5)64(86)93-55-35-58(83)79(8)48-33-44(34-50(90-9)59(48)69)32-40(3)18-14-23-54(91-10)68(89)36-51(92-66(88)75-68)41(4)61-67(55,6)94-61/h14,18,23,26-29,33-34,39,41-42,46,51-55,60-61,89H,11-13,15-17,19-22,24-25,30-32,35-38H2,1-10H3,(H,72,84)(H,73,85)(H,74,81)(H,75,88)(H3,70,71,87)/b23-14+,40-18+/t41-,42+,46+,51+,52?,53?,54-,55+,60?,61?,67+,68+/m1/s1. The molecule has 5 aliphatic rings. The average Bonchev–Trinajstić information content (AvgIpc) is 1.57. The number of hydrogen-bond donors (Lipinski definition) is 7. The van der Waals surface area contributed by atoms with E-state index in [-0.39, 0.29) is 61.4 Å². The lowest BCUT2D eigenvalue weighted by molar-refractivity contribution is -0.162.